The van der Waals surface area contributed by atoms with Crippen molar-refractivity contribution in [1.29, 1.82) is 0 Å². The zero-order valence-electron chi connectivity index (χ0n) is 14.4. The van der Waals surface area contributed by atoms with Gasteiger partial charge in [0.05, 0.1) is 40.6 Å². The lowest BCUT2D eigenvalue weighted by atomic mass is 10.2. The Labute approximate surface area is 159 Å². The molecule has 0 saturated heterocycles. The Morgan fingerprint density at radius 3 is 2.78 bits per heavy atom. The normalized spacial score (nSPS) is 10.6. The number of halogens is 1. The number of hydrogen-bond donors (Lipinski definition) is 1. The number of nitrogens with zero attached hydrogens (tertiary/aromatic N) is 2. The van der Waals surface area contributed by atoms with E-state index in [2.05, 4.69) is 15.0 Å². The maximum atomic E-state index is 12.4. The standard InChI is InChI=1S/C19H16ClN3O4/c1-27-19(26)12-6-7-14(20)16(10-12)22-17(24)8-9-23-11-21-15-5-3-2-4-13(15)18(23)25/h2-7,10-11H,8-9H2,1H3,(H,22,24). The molecule has 27 heavy (non-hydrogen) atoms. The molecule has 0 aliphatic carbocycles. The van der Waals surface area contributed by atoms with Gasteiger partial charge >= 0.3 is 5.97 Å². The first-order valence-electron chi connectivity index (χ1n) is 8.11. The van der Waals surface area contributed by atoms with Crippen LogP contribution in [0.1, 0.15) is 16.8 Å². The van der Waals surface area contributed by atoms with Crippen LogP contribution in [0, 0.1) is 0 Å². The van der Waals surface area contributed by atoms with Crippen molar-refractivity contribution in [1.82, 2.24) is 9.55 Å². The molecule has 0 aliphatic rings. The monoisotopic (exact) mass is 385 g/mol. The number of benzene rings is 2. The van der Waals surface area contributed by atoms with Crippen LogP contribution < -0.4 is 10.9 Å². The SMILES string of the molecule is COC(=O)c1ccc(Cl)c(NC(=O)CCn2cnc3ccccc3c2=O)c1. The molecule has 1 amide bonds. The molecule has 8 heteroatoms. The Morgan fingerprint density at radius 1 is 1.22 bits per heavy atom. The summed E-state index contributed by atoms with van der Waals surface area (Å²) in [4.78, 5) is 40.5. The van der Waals surface area contributed by atoms with Crippen molar-refractivity contribution < 1.29 is 14.3 Å². The number of ether oxygens (including phenoxy) is 1. The Hall–Kier alpha value is -3.19. The molecule has 0 aliphatic heterocycles. The zero-order valence-corrected chi connectivity index (χ0v) is 15.2. The molecule has 3 rings (SSSR count). The van der Waals surface area contributed by atoms with Crippen LogP contribution in [0.5, 0.6) is 0 Å². The lowest BCUT2D eigenvalue weighted by molar-refractivity contribution is -0.116. The molecule has 1 N–H and O–H groups in total. The quantitative estimate of drug-likeness (QED) is 0.682. The number of methoxy groups -OCH3 is 1. The van der Waals surface area contributed by atoms with Crippen LogP contribution >= 0.6 is 11.6 Å². The van der Waals surface area contributed by atoms with Crippen molar-refractivity contribution in [3.63, 3.8) is 0 Å². The van der Waals surface area contributed by atoms with Gasteiger partial charge in [0.1, 0.15) is 0 Å². The van der Waals surface area contributed by atoms with Crippen molar-refractivity contribution >= 4 is 40.1 Å². The summed E-state index contributed by atoms with van der Waals surface area (Å²) in [5.41, 5.74) is 0.967. The number of aromatic nitrogens is 2. The Balaban J connectivity index is 1.71. The summed E-state index contributed by atoms with van der Waals surface area (Å²) in [6, 6.07) is 11.5. The molecular weight excluding hydrogens is 370 g/mol. The lowest BCUT2D eigenvalue weighted by Gasteiger charge is -2.10. The first kappa shape index (κ1) is 18.6. The highest BCUT2D eigenvalue weighted by Gasteiger charge is 2.12. The van der Waals surface area contributed by atoms with Crippen LogP contribution in [0.3, 0.4) is 0 Å². The van der Waals surface area contributed by atoms with Crippen LogP contribution in [0.25, 0.3) is 10.9 Å². The van der Waals surface area contributed by atoms with Crippen molar-refractivity contribution in [2.24, 2.45) is 0 Å². The molecular formula is C19H16ClN3O4. The second-order valence-corrected chi connectivity index (χ2v) is 6.15. The molecule has 0 bridgehead atoms. The van der Waals surface area contributed by atoms with E-state index < -0.39 is 5.97 Å². The van der Waals surface area contributed by atoms with Gasteiger partial charge in [-0.1, -0.05) is 23.7 Å². The summed E-state index contributed by atoms with van der Waals surface area (Å²) in [7, 11) is 1.27. The molecule has 0 unspecified atom stereocenters. The summed E-state index contributed by atoms with van der Waals surface area (Å²) < 4.78 is 6.03. The highest BCUT2D eigenvalue weighted by Crippen LogP contribution is 2.23. The van der Waals surface area contributed by atoms with E-state index in [4.69, 9.17) is 11.6 Å². The molecule has 3 aromatic rings. The van der Waals surface area contributed by atoms with Gasteiger partial charge in [-0.05, 0) is 30.3 Å². The Kier molecular flexibility index (Phi) is 5.52. The smallest absolute Gasteiger partial charge is 0.337 e. The predicted molar refractivity (Wildman–Crippen MR) is 102 cm³/mol. The Bertz CT molecular complexity index is 1080. The summed E-state index contributed by atoms with van der Waals surface area (Å²) >= 11 is 6.06. The largest absolute Gasteiger partial charge is 0.465 e. The number of aryl methyl sites for hydroxylation is 1. The first-order chi connectivity index (χ1) is 13.0. The van der Waals surface area contributed by atoms with Crippen LogP contribution in [-0.4, -0.2) is 28.5 Å². The topological polar surface area (TPSA) is 90.3 Å². The van der Waals surface area contributed by atoms with Crippen LogP contribution in [-0.2, 0) is 16.1 Å². The molecule has 2 aromatic carbocycles. The van der Waals surface area contributed by atoms with E-state index in [1.165, 1.54) is 36.2 Å². The average Bonchev–Trinajstić information content (AvgIpc) is 2.68. The number of nitrogens with one attached hydrogen (secondary N) is 1. The number of para-hydroxylation sites is 1. The van der Waals surface area contributed by atoms with Crippen LogP contribution in [0.15, 0.2) is 53.6 Å². The van der Waals surface area contributed by atoms with Gasteiger partial charge in [0.15, 0.2) is 0 Å². The van der Waals surface area contributed by atoms with E-state index in [1.54, 1.807) is 24.3 Å². The number of anilines is 1. The van der Waals surface area contributed by atoms with Crippen molar-refractivity contribution in [2.75, 3.05) is 12.4 Å². The minimum Gasteiger partial charge on any atom is -0.465 e. The number of hydrogen-bond acceptors (Lipinski definition) is 5. The van der Waals surface area contributed by atoms with E-state index in [1.807, 2.05) is 0 Å². The summed E-state index contributed by atoms with van der Waals surface area (Å²) in [6.45, 7) is 0.164. The third-order valence-electron chi connectivity index (χ3n) is 3.97. The minimum atomic E-state index is -0.532. The summed E-state index contributed by atoms with van der Waals surface area (Å²) in [6.07, 6.45) is 1.46. The van der Waals surface area contributed by atoms with E-state index in [-0.39, 0.29) is 30.0 Å². The van der Waals surface area contributed by atoms with Gasteiger partial charge in [-0.3, -0.25) is 14.2 Å². The zero-order chi connectivity index (χ0) is 19.4. The van der Waals surface area contributed by atoms with E-state index in [0.717, 1.165) is 0 Å². The highest BCUT2D eigenvalue weighted by atomic mass is 35.5. The molecule has 0 saturated carbocycles. The highest BCUT2D eigenvalue weighted by molar-refractivity contribution is 6.33. The van der Waals surface area contributed by atoms with E-state index >= 15 is 0 Å². The number of rotatable bonds is 5. The number of carbonyl (C=O) groups excluding carboxylic acids is 2. The van der Waals surface area contributed by atoms with E-state index in [9.17, 15) is 14.4 Å². The van der Waals surface area contributed by atoms with Gasteiger partial charge in [-0.2, -0.15) is 0 Å². The predicted octanol–water partition coefficient (Wildman–Crippen LogP) is 2.87. The van der Waals surface area contributed by atoms with Gasteiger partial charge < -0.3 is 10.1 Å². The van der Waals surface area contributed by atoms with Gasteiger partial charge in [0.2, 0.25) is 5.91 Å². The third-order valence-corrected chi connectivity index (χ3v) is 4.30. The molecule has 7 nitrogen and oxygen atoms in total. The van der Waals surface area contributed by atoms with Crippen molar-refractivity contribution in [2.45, 2.75) is 13.0 Å². The number of carbonyl (C=O) groups is 2. The number of fused-ring (bicyclic) bond motifs is 1. The summed E-state index contributed by atoms with van der Waals surface area (Å²) in [5.74, 6) is -0.880. The maximum absolute atomic E-state index is 12.4. The molecule has 0 atom stereocenters. The second kappa shape index (κ2) is 8.01. The van der Waals surface area contributed by atoms with Crippen LogP contribution in [0.2, 0.25) is 5.02 Å². The Morgan fingerprint density at radius 2 is 2.00 bits per heavy atom. The van der Waals surface area contributed by atoms with Crippen LogP contribution in [0.4, 0.5) is 5.69 Å². The molecule has 0 spiro atoms. The fourth-order valence-corrected chi connectivity index (χ4v) is 2.73. The lowest BCUT2D eigenvalue weighted by Crippen LogP contribution is -2.23. The summed E-state index contributed by atoms with van der Waals surface area (Å²) in [5, 5.41) is 3.43. The molecule has 138 valence electrons. The second-order valence-electron chi connectivity index (χ2n) is 5.74. The number of amides is 1. The van der Waals surface area contributed by atoms with Gasteiger partial charge in [0, 0.05) is 13.0 Å². The average molecular weight is 386 g/mol. The minimum absolute atomic E-state index is 0.0404. The fourth-order valence-electron chi connectivity index (χ4n) is 2.57. The fraction of sp³-hybridized carbons (Fsp3) is 0.158. The van der Waals surface area contributed by atoms with Gasteiger partial charge in [0.25, 0.3) is 5.56 Å². The van der Waals surface area contributed by atoms with Crippen molar-refractivity contribution in [3.05, 3.63) is 69.7 Å². The maximum Gasteiger partial charge on any atom is 0.337 e. The third kappa shape index (κ3) is 4.15. The first-order valence-corrected chi connectivity index (χ1v) is 8.49. The molecule has 0 fully saturated rings. The van der Waals surface area contributed by atoms with Crippen molar-refractivity contribution in [3.8, 4) is 0 Å². The molecule has 0 radical (unpaired) electrons. The molecule has 1 heterocycles. The van der Waals surface area contributed by atoms with E-state index in [0.29, 0.717) is 21.6 Å². The van der Waals surface area contributed by atoms with Gasteiger partial charge in [-0.15, -0.1) is 0 Å². The van der Waals surface area contributed by atoms with Gasteiger partial charge in [-0.25, -0.2) is 9.78 Å². The number of esters is 1. The molecule has 1 aromatic heterocycles.